The molecule has 1 aromatic rings. The van der Waals surface area contributed by atoms with Crippen molar-refractivity contribution in [1.29, 1.82) is 0 Å². The van der Waals surface area contributed by atoms with Crippen molar-refractivity contribution in [3.05, 3.63) is 34.9 Å². The van der Waals surface area contributed by atoms with Gasteiger partial charge in [-0.25, -0.2) is 13.1 Å². The quantitative estimate of drug-likeness (QED) is 0.848. The highest BCUT2D eigenvalue weighted by Crippen LogP contribution is 2.10. The molecule has 0 aliphatic rings. The van der Waals surface area contributed by atoms with Crippen LogP contribution in [0.3, 0.4) is 0 Å². The van der Waals surface area contributed by atoms with E-state index in [0.29, 0.717) is 10.6 Å². The summed E-state index contributed by atoms with van der Waals surface area (Å²) in [7, 11) is -3.85. The molecule has 0 fully saturated rings. The summed E-state index contributed by atoms with van der Waals surface area (Å²) in [5, 5.41) is 7.69. The van der Waals surface area contributed by atoms with E-state index in [0.717, 1.165) is 6.92 Å². The number of nitrogens with one attached hydrogen (secondary N) is 1. The SMILES string of the molecule is CC(C(=O)O)S(=O)(=O)NCc1ccc(Cl)cc1. The summed E-state index contributed by atoms with van der Waals surface area (Å²) in [5.41, 5.74) is 0.704. The maximum absolute atomic E-state index is 11.5. The minimum Gasteiger partial charge on any atom is -0.480 e. The summed E-state index contributed by atoms with van der Waals surface area (Å²) in [6, 6.07) is 6.59. The average Bonchev–Trinajstić information content (AvgIpc) is 2.27. The Balaban J connectivity index is 2.68. The van der Waals surface area contributed by atoms with Gasteiger partial charge in [-0.3, -0.25) is 4.79 Å². The number of rotatable bonds is 5. The standard InChI is InChI=1S/C10H12ClNO4S/c1-7(10(13)14)17(15,16)12-6-8-2-4-9(11)5-3-8/h2-5,7,12H,6H2,1H3,(H,13,14). The lowest BCUT2D eigenvalue weighted by Gasteiger charge is -2.10. The molecule has 0 spiro atoms. The third-order valence-corrected chi connectivity index (χ3v) is 4.14. The largest absolute Gasteiger partial charge is 0.480 e. The summed E-state index contributed by atoms with van der Waals surface area (Å²) >= 11 is 5.68. The molecule has 0 heterocycles. The van der Waals surface area contributed by atoms with Crippen LogP contribution >= 0.6 is 11.6 Å². The Morgan fingerprint density at radius 1 is 1.41 bits per heavy atom. The van der Waals surface area contributed by atoms with Gasteiger partial charge in [-0.1, -0.05) is 23.7 Å². The molecule has 17 heavy (non-hydrogen) atoms. The Morgan fingerprint density at radius 2 is 1.94 bits per heavy atom. The highest BCUT2D eigenvalue weighted by atomic mass is 35.5. The topological polar surface area (TPSA) is 83.5 Å². The molecule has 1 unspecified atom stereocenters. The van der Waals surface area contributed by atoms with Crippen molar-refractivity contribution in [3.8, 4) is 0 Å². The smallest absolute Gasteiger partial charge is 0.323 e. The number of hydrogen-bond donors (Lipinski definition) is 2. The van der Waals surface area contributed by atoms with Gasteiger partial charge in [0.05, 0.1) is 0 Å². The van der Waals surface area contributed by atoms with E-state index >= 15 is 0 Å². The predicted molar refractivity (Wildman–Crippen MR) is 64.3 cm³/mol. The number of carboxylic acids is 1. The second kappa shape index (κ2) is 5.48. The first-order valence-corrected chi connectivity index (χ1v) is 6.71. The third-order valence-electron chi connectivity index (χ3n) is 2.20. The summed E-state index contributed by atoms with van der Waals surface area (Å²) in [6.45, 7) is 1.16. The average molecular weight is 278 g/mol. The molecule has 7 heteroatoms. The van der Waals surface area contributed by atoms with Gasteiger partial charge < -0.3 is 5.11 Å². The molecule has 0 aliphatic carbocycles. The third kappa shape index (κ3) is 3.99. The molecule has 2 N–H and O–H groups in total. The van der Waals surface area contributed by atoms with E-state index in [1.165, 1.54) is 0 Å². The van der Waals surface area contributed by atoms with Crippen LogP contribution in [0.15, 0.2) is 24.3 Å². The molecular formula is C10H12ClNO4S. The predicted octanol–water partition coefficient (Wildman–Crippen LogP) is 1.23. The molecule has 0 bridgehead atoms. The number of aliphatic carboxylic acids is 1. The molecule has 1 rings (SSSR count). The van der Waals surface area contributed by atoms with Crippen molar-refractivity contribution in [1.82, 2.24) is 4.72 Å². The normalized spacial score (nSPS) is 13.3. The lowest BCUT2D eigenvalue weighted by Crippen LogP contribution is -2.37. The zero-order chi connectivity index (χ0) is 13.1. The van der Waals surface area contributed by atoms with Crippen LogP contribution in [0.1, 0.15) is 12.5 Å². The van der Waals surface area contributed by atoms with Crippen molar-refractivity contribution >= 4 is 27.6 Å². The molecule has 1 aromatic carbocycles. The molecule has 0 aliphatic heterocycles. The van der Waals surface area contributed by atoms with E-state index in [1.807, 2.05) is 0 Å². The first-order valence-electron chi connectivity index (χ1n) is 4.78. The van der Waals surface area contributed by atoms with E-state index in [-0.39, 0.29) is 6.54 Å². The lowest BCUT2D eigenvalue weighted by molar-refractivity contribution is -0.136. The maximum atomic E-state index is 11.5. The summed E-state index contributed by atoms with van der Waals surface area (Å²) in [4.78, 5) is 10.6. The molecule has 5 nitrogen and oxygen atoms in total. The monoisotopic (exact) mass is 277 g/mol. The molecular weight excluding hydrogens is 266 g/mol. The number of carbonyl (C=O) groups is 1. The summed E-state index contributed by atoms with van der Waals surface area (Å²) in [5.74, 6) is -1.38. The number of sulfonamides is 1. The van der Waals surface area contributed by atoms with Gasteiger partial charge in [0.1, 0.15) is 0 Å². The Hall–Kier alpha value is -1.11. The van der Waals surface area contributed by atoms with Crippen LogP contribution in [-0.2, 0) is 21.4 Å². The van der Waals surface area contributed by atoms with E-state index < -0.39 is 21.2 Å². The second-order valence-electron chi connectivity index (χ2n) is 3.47. The van der Waals surface area contributed by atoms with Crippen LogP contribution in [-0.4, -0.2) is 24.7 Å². The van der Waals surface area contributed by atoms with Gasteiger partial charge in [-0.15, -0.1) is 0 Å². The highest BCUT2D eigenvalue weighted by molar-refractivity contribution is 7.90. The van der Waals surface area contributed by atoms with Gasteiger partial charge in [-0.05, 0) is 24.6 Å². The summed E-state index contributed by atoms with van der Waals surface area (Å²) < 4.78 is 25.2. The maximum Gasteiger partial charge on any atom is 0.323 e. The van der Waals surface area contributed by atoms with E-state index in [1.54, 1.807) is 24.3 Å². The van der Waals surface area contributed by atoms with Gasteiger partial charge >= 0.3 is 5.97 Å². The van der Waals surface area contributed by atoms with Gasteiger partial charge in [0, 0.05) is 11.6 Å². The Morgan fingerprint density at radius 3 is 2.41 bits per heavy atom. The van der Waals surface area contributed by atoms with Crippen LogP contribution in [0.4, 0.5) is 0 Å². The summed E-state index contributed by atoms with van der Waals surface area (Å²) in [6.07, 6.45) is 0. The first kappa shape index (κ1) is 14.0. The minimum absolute atomic E-state index is 0.0388. The van der Waals surface area contributed by atoms with Gasteiger partial charge in [0.15, 0.2) is 5.25 Å². The Kier molecular flexibility index (Phi) is 4.50. The van der Waals surface area contributed by atoms with E-state index in [9.17, 15) is 13.2 Å². The molecule has 0 aromatic heterocycles. The Labute approximate surface area is 104 Å². The van der Waals surface area contributed by atoms with E-state index in [4.69, 9.17) is 16.7 Å². The molecule has 1 atom stereocenters. The number of benzene rings is 1. The fourth-order valence-corrected chi connectivity index (χ4v) is 2.05. The molecule has 0 radical (unpaired) electrons. The van der Waals surface area contributed by atoms with Crippen molar-refractivity contribution < 1.29 is 18.3 Å². The van der Waals surface area contributed by atoms with Gasteiger partial charge in [0.25, 0.3) is 0 Å². The van der Waals surface area contributed by atoms with Crippen molar-refractivity contribution in [2.75, 3.05) is 0 Å². The van der Waals surface area contributed by atoms with Crippen molar-refractivity contribution in [3.63, 3.8) is 0 Å². The molecule has 0 saturated carbocycles. The van der Waals surface area contributed by atoms with Gasteiger partial charge in [-0.2, -0.15) is 0 Å². The number of halogens is 1. The van der Waals surface area contributed by atoms with Crippen LogP contribution in [0.25, 0.3) is 0 Å². The van der Waals surface area contributed by atoms with Crippen molar-refractivity contribution in [2.45, 2.75) is 18.7 Å². The van der Waals surface area contributed by atoms with E-state index in [2.05, 4.69) is 4.72 Å². The first-order chi connectivity index (χ1) is 7.83. The molecule has 0 saturated heterocycles. The van der Waals surface area contributed by atoms with Crippen LogP contribution in [0.2, 0.25) is 5.02 Å². The fourth-order valence-electron chi connectivity index (χ4n) is 1.04. The fraction of sp³-hybridized carbons (Fsp3) is 0.300. The highest BCUT2D eigenvalue weighted by Gasteiger charge is 2.26. The van der Waals surface area contributed by atoms with Crippen LogP contribution in [0.5, 0.6) is 0 Å². The van der Waals surface area contributed by atoms with Gasteiger partial charge in [0.2, 0.25) is 10.0 Å². The zero-order valence-corrected chi connectivity index (χ0v) is 10.6. The number of carboxylic acid groups (broad SMARTS) is 1. The van der Waals surface area contributed by atoms with Crippen LogP contribution in [0, 0.1) is 0 Å². The Bertz CT molecular complexity index is 498. The van der Waals surface area contributed by atoms with Crippen LogP contribution < -0.4 is 4.72 Å². The second-order valence-corrected chi connectivity index (χ2v) is 6.00. The molecule has 0 amide bonds. The zero-order valence-electron chi connectivity index (χ0n) is 9.05. The molecule has 94 valence electrons. The van der Waals surface area contributed by atoms with Crippen molar-refractivity contribution in [2.24, 2.45) is 0 Å². The minimum atomic E-state index is -3.85. The number of hydrogen-bond acceptors (Lipinski definition) is 3. The lowest BCUT2D eigenvalue weighted by atomic mass is 10.2.